The summed E-state index contributed by atoms with van der Waals surface area (Å²) in [7, 11) is 0. The fraction of sp³-hybridized carbons (Fsp3) is 0.250. The third-order valence-corrected chi connectivity index (χ3v) is 5.52. The van der Waals surface area contributed by atoms with Gasteiger partial charge in [-0.2, -0.15) is 0 Å². The Morgan fingerprint density at radius 2 is 1.77 bits per heavy atom. The quantitative estimate of drug-likeness (QED) is 0.686. The fourth-order valence-electron chi connectivity index (χ4n) is 3.95. The predicted octanol–water partition coefficient (Wildman–Crippen LogP) is 4.33. The van der Waals surface area contributed by atoms with Crippen LogP contribution in [0.1, 0.15) is 40.6 Å². The Labute approximate surface area is 174 Å². The van der Waals surface area contributed by atoms with Crippen molar-refractivity contribution in [3.05, 3.63) is 95.7 Å². The van der Waals surface area contributed by atoms with E-state index in [2.05, 4.69) is 5.32 Å². The zero-order valence-corrected chi connectivity index (χ0v) is 16.5. The monoisotopic (exact) mass is 406 g/mol. The van der Waals surface area contributed by atoms with Crippen LogP contribution in [-0.2, 0) is 11.3 Å². The molecule has 0 aliphatic carbocycles. The minimum Gasteiger partial charge on any atom is -0.467 e. The first-order chi connectivity index (χ1) is 14.6. The average Bonchev–Trinajstić information content (AvgIpc) is 3.31. The van der Waals surface area contributed by atoms with E-state index in [0.717, 1.165) is 5.56 Å². The summed E-state index contributed by atoms with van der Waals surface area (Å²) in [5.74, 6) is -0.787. The highest BCUT2D eigenvalue weighted by Gasteiger charge is 2.36. The number of rotatable bonds is 5. The number of carbonyl (C=O) groups excluding carboxylic acids is 2. The molecule has 5 nitrogen and oxygen atoms in total. The largest absolute Gasteiger partial charge is 0.467 e. The molecule has 1 fully saturated rings. The SMILES string of the molecule is O=C(NCc1ccco1)[C@@H]1CC[C@@H](c2ccccc2)N(C(=O)c2ccccc2F)C1. The molecule has 2 amide bonds. The molecule has 1 N–H and O–H groups in total. The number of hydrogen-bond donors (Lipinski definition) is 1. The lowest BCUT2D eigenvalue weighted by Crippen LogP contribution is -2.47. The Hall–Kier alpha value is -3.41. The van der Waals surface area contributed by atoms with Crippen molar-refractivity contribution in [2.75, 3.05) is 6.54 Å². The molecule has 0 radical (unpaired) electrons. The number of hydrogen-bond acceptors (Lipinski definition) is 3. The number of halogens is 1. The van der Waals surface area contributed by atoms with Crippen LogP contribution in [0.3, 0.4) is 0 Å². The van der Waals surface area contributed by atoms with Crippen LogP contribution in [0.4, 0.5) is 4.39 Å². The zero-order chi connectivity index (χ0) is 20.9. The van der Waals surface area contributed by atoms with Crippen LogP contribution >= 0.6 is 0 Å². The van der Waals surface area contributed by atoms with Crippen LogP contribution in [-0.4, -0.2) is 23.3 Å². The lowest BCUT2D eigenvalue weighted by atomic mass is 9.87. The molecule has 0 bridgehead atoms. The van der Waals surface area contributed by atoms with Crippen molar-refractivity contribution in [2.24, 2.45) is 5.92 Å². The van der Waals surface area contributed by atoms with Crippen molar-refractivity contribution in [1.82, 2.24) is 10.2 Å². The molecule has 0 spiro atoms. The predicted molar refractivity (Wildman–Crippen MR) is 110 cm³/mol. The fourth-order valence-corrected chi connectivity index (χ4v) is 3.95. The van der Waals surface area contributed by atoms with Gasteiger partial charge in [-0.3, -0.25) is 9.59 Å². The zero-order valence-electron chi connectivity index (χ0n) is 16.5. The molecular formula is C24H23FN2O3. The molecule has 0 unspecified atom stereocenters. The maximum absolute atomic E-state index is 14.3. The van der Waals surface area contributed by atoms with Crippen molar-refractivity contribution >= 4 is 11.8 Å². The summed E-state index contributed by atoms with van der Waals surface area (Å²) in [6, 6.07) is 19.0. The first-order valence-corrected chi connectivity index (χ1v) is 10.0. The number of nitrogens with zero attached hydrogens (tertiary/aromatic N) is 1. The second kappa shape index (κ2) is 8.95. The number of amides is 2. The molecule has 1 aliphatic rings. The highest BCUT2D eigenvalue weighted by Crippen LogP contribution is 2.35. The van der Waals surface area contributed by atoms with Gasteiger partial charge in [-0.25, -0.2) is 4.39 Å². The topological polar surface area (TPSA) is 62.6 Å². The molecule has 6 heteroatoms. The number of likely N-dealkylation sites (tertiary alicyclic amines) is 1. The van der Waals surface area contributed by atoms with Gasteiger partial charge in [0.05, 0.1) is 30.3 Å². The molecule has 30 heavy (non-hydrogen) atoms. The second-order valence-electron chi connectivity index (χ2n) is 7.44. The van der Waals surface area contributed by atoms with Crippen LogP contribution in [0, 0.1) is 11.7 Å². The van der Waals surface area contributed by atoms with Crippen molar-refractivity contribution in [1.29, 1.82) is 0 Å². The first kappa shape index (κ1) is 19.9. The van der Waals surface area contributed by atoms with Crippen molar-refractivity contribution in [3.63, 3.8) is 0 Å². The maximum atomic E-state index is 14.3. The normalized spacial score (nSPS) is 18.8. The van der Waals surface area contributed by atoms with Crippen molar-refractivity contribution in [2.45, 2.75) is 25.4 Å². The molecule has 2 atom stereocenters. The highest BCUT2D eigenvalue weighted by atomic mass is 19.1. The van der Waals surface area contributed by atoms with E-state index in [1.54, 1.807) is 35.4 Å². The summed E-state index contributed by atoms with van der Waals surface area (Å²) < 4.78 is 19.6. The Morgan fingerprint density at radius 1 is 1.00 bits per heavy atom. The van der Waals surface area contributed by atoms with E-state index in [0.29, 0.717) is 25.1 Å². The number of carbonyl (C=O) groups is 2. The summed E-state index contributed by atoms with van der Waals surface area (Å²) >= 11 is 0. The van der Waals surface area contributed by atoms with Crippen LogP contribution in [0.2, 0.25) is 0 Å². The molecule has 2 heterocycles. The maximum Gasteiger partial charge on any atom is 0.257 e. The third-order valence-electron chi connectivity index (χ3n) is 5.52. The van der Waals surface area contributed by atoms with Crippen LogP contribution in [0.15, 0.2) is 77.4 Å². The minimum atomic E-state index is -0.557. The smallest absolute Gasteiger partial charge is 0.257 e. The molecule has 3 aromatic rings. The van der Waals surface area contributed by atoms with Gasteiger partial charge in [0.1, 0.15) is 11.6 Å². The van der Waals surface area contributed by atoms with Gasteiger partial charge >= 0.3 is 0 Å². The Morgan fingerprint density at radius 3 is 2.50 bits per heavy atom. The second-order valence-corrected chi connectivity index (χ2v) is 7.44. The van der Waals surface area contributed by atoms with Gasteiger partial charge in [0, 0.05) is 6.54 Å². The van der Waals surface area contributed by atoms with Gasteiger partial charge in [0.25, 0.3) is 5.91 Å². The lowest BCUT2D eigenvalue weighted by molar-refractivity contribution is -0.127. The van der Waals surface area contributed by atoms with Crippen LogP contribution in [0.25, 0.3) is 0 Å². The highest BCUT2D eigenvalue weighted by molar-refractivity contribution is 5.95. The van der Waals surface area contributed by atoms with E-state index < -0.39 is 11.7 Å². The van der Waals surface area contributed by atoms with Crippen LogP contribution < -0.4 is 5.32 Å². The van der Waals surface area contributed by atoms with Gasteiger partial charge < -0.3 is 14.6 Å². The Bertz CT molecular complexity index is 1000. The molecule has 4 rings (SSSR count). The van der Waals surface area contributed by atoms with Crippen molar-refractivity contribution in [3.8, 4) is 0 Å². The number of nitrogens with one attached hydrogen (secondary N) is 1. The Balaban J connectivity index is 1.55. The molecule has 1 aromatic heterocycles. The van der Waals surface area contributed by atoms with E-state index in [-0.39, 0.29) is 30.0 Å². The summed E-state index contributed by atoms with van der Waals surface area (Å²) in [6.45, 7) is 0.530. The van der Waals surface area contributed by atoms with E-state index in [1.165, 1.54) is 12.1 Å². The standard InChI is InChI=1S/C24H23FN2O3/c25-21-11-5-4-10-20(21)24(29)27-16-18(23(28)26-15-19-9-6-14-30-19)12-13-22(27)17-7-2-1-3-8-17/h1-11,14,18,22H,12-13,15-16H2,(H,26,28)/t18-,22+/m1/s1. The molecule has 1 aliphatic heterocycles. The third kappa shape index (κ3) is 4.27. The van der Waals surface area contributed by atoms with Gasteiger partial charge in [-0.05, 0) is 42.7 Å². The number of furan rings is 1. The summed E-state index contributed by atoms with van der Waals surface area (Å²) in [4.78, 5) is 27.6. The Kier molecular flexibility index (Phi) is 5.93. The number of piperidine rings is 1. The van der Waals surface area contributed by atoms with E-state index in [4.69, 9.17) is 4.42 Å². The van der Waals surface area contributed by atoms with Gasteiger partial charge in [-0.15, -0.1) is 0 Å². The molecule has 154 valence electrons. The van der Waals surface area contributed by atoms with E-state index >= 15 is 0 Å². The van der Waals surface area contributed by atoms with Gasteiger partial charge in [0.2, 0.25) is 5.91 Å². The van der Waals surface area contributed by atoms with Crippen LogP contribution in [0.5, 0.6) is 0 Å². The molecule has 1 saturated heterocycles. The average molecular weight is 406 g/mol. The first-order valence-electron chi connectivity index (χ1n) is 10.0. The summed E-state index contributed by atoms with van der Waals surface area (Å²) in [5.41, 5.74) is 1.01. The van der Waals surface area contributed by atoms with E-state index in [1.807, 2.05) is 30.3 Å². The summed E-state index contributed by atoms with van der Waals surface area (Å²) in [5, 5.41) is 2.88. The molecule has 0 saturated carbocycles. The van der Waals surface area contributed by atoms with Gasteiger partial charge in [-0.1, -0.05) is 42.5 Å². The molecular weight excluding hydrogens is 383 g/mol. The summed E-state index contributed by atoms with van der Waals surface area (Å²) in [6.07, 6.45) is 2.83. The minimum absolute atomic E-state index is 0.0232. The lowest BCUT2D eigenvalue weighted by Gasteiger charge is -2.39. The molecule has 2 aromatic carbocycles. The number of benzene rings is 2. The van der Waals surface area contributed by atoms with Gasteiger partial charge in [0.15, 0.2) is 0 Å². The van der Waals surface area contributed by atoms with Crippen molar-refractivity contribution < 1.29 is 18.4 Å². The van der Waals surface area contributed by atoms with E-state index in [9.17, 15) is 14.0 Å².